The van der Waals surface area contributed by atoms with E-state index in [0.29, 0.717) is 83.8 Å². The molecule has 71 heavy (non-hydrogen) atoms. The van der Waals surface area contributed by atoms with E-state index in [1.165, 1.54) is 6.07 Å². The van der Waals surface area contributed by atoms with Crippen LogP contribution in [0.15, 0.2) is 122 Å². The molecule has 4 aromatic carbocycles. The maximum absolute atomic E-state index is 12.8. The van der Waals surface area contributed by atoms with E-state index in [4.69, 9.17) is 32.7 Å². The van der Waals surface area contributed by atoms with Gasteiger partial charge in [-0.3, -0.25) is 13.6 Å². The van der Waals surface area contributed by atoms with E-state index in [9.17, 15) is 41.0 Å². The van der Waals surface area contributed by atoms with Crippen LogP contribution < -0.4 is 25.4 Å². The number of hydrogen-bond acceptors (Lipinski definition) is 8. The highest BCUT2D eigenvalue weighted by Crippen LogP contribution is 2.35. The van der Waals surface area contributed by atoms with Gasteiger partial charge < -0.3 is 30.5 Å². The van der Waals surface area contributed by atoms with E-state index in [1.807, 2.05) is 19.1 Å². The number of rotatable bonds is 15. The van der Waals surface area contributed by atoms with Crippen molar-refractivity contribution in [3.05, 3.63) is 154 Å². The minimum Gasteiger partial charge on any atom is -0.478 e. The molecule has 1 saturated carbocycles. The van der Waals surface area contributed by atoms with Crippen molar-refractivity contribution in [3.63, 3.8) is 0 Å². The summed E-state index contributed by atoms with van der Waals surface area (Å²) in [5.41, 5.74) is 6.55. The fourth-order valence-corrected chi connectivity index (χ4v) is 7.93. The molecule has 0 saturated heterocycles. The predicted octanol–water partition coefficient (Wildman–Crippen LogP) is 13.8. The predicted molar refractivity (Wildman–Crippen MR) is 260 cm³/mol. The fourth-order valence-electron chi connectivity index (χ4n) is 7.57. The molecule has 4 N–H and O–H groups in total. The Hall–Kier alpha value is -7.44. The van der Waals surface area contributed by atoms with Crippen LogP contribution in [0.1, 0.15) is 57.5 Å². The molecule has 4 heterocycles. The third-order valence-electron chi connectivity index (χ3n) is 11.1. The molecular weight excluding hydrogens is 975 g/mol. The lowest BCUT2D eigenvalue weighted by Crippen LogP contribution is -2.26. The summed E-state index contributed by atoms with van der Waals surface area (Å²) in [7, 11) is 0. The van der Waals surface area contributed by atoms with Gasteiger partial charge in [-0.2, -0.15) is 26.3 Å². The smallest absolute Gasteiger partial charge is 0.390 e. The Kier molecular flexibility index (Phi) is 14.7. The van der Waals surface area contributed by atoms with Gasteiger partial charge in [-0.05, 0) is 98.5 Å². The molecule has 0 spiro atoms. The summed E-state index contributed by atoms with van der Waals surface area (Å²) >= 11 is 12.1. The number of carboxylic acid groups (broad SMARTS) is 1. The Morgan fingerprint density at radius 2 is 1.10 bits per heavy atom. The SMILES string of the molecule is Cc1cc(-c2cnc3c(NCCC(F)(F)F)cc(Oc4cccc(Cl)c4)cn23)ccc1C(=O)NC1CC1.Cc1cc(-c2cnc3c(NCCC(F)(F)F)cc(Oc4cccc(Cl)c4)cn23)ccc1C(=O)O. The maximum Gasteiger partial charge on any atom is 0.390 e. The average Bonchev–Trinajstić information content (AvgIpc) is 3.83. The second kappa shape index (κ2) is 20.9. The third kappa shape index (κ3) is 12.9. The topological polar surface area (TPSA) is 144 Å². The van der Waals surface area contributed by atoms with Crippen LogP contribution in [0.25, 0.3) is 33.8 Å². The lowest BCUT2D eigenvalue weighted by molar-refractivity contribution is -0.132. The van der Waals surface area contributed by atoms with Crippen molar-refractivity contribution in [2.75, 3.05) is 23.7 Å². The molecule has 0 unspecified atom stereocenters. The van der Waals surface area contributed by atoms with Gasteiger partial charge in [-0.25, -0.2) is 14.8 Å². The number of anilines is 2. The van der Waals surface area contributed by atoms with Gasteiger partial charge >= 0.3 is 18.3 Å². The van der Waals surface area contributed by atoms with E-state index in [2.05, 4.69) is 25.9 Å². The van der Waals surface area contributed by atoms with Crippen molar-refractivity contribution in [2.24, 2.45) is 0 Å². The summed E-state index contributed by atoms with van der Waals surface area (Å²) in [6.07, 6.45) is -1.99. The highest BCUT2D eigenvalue weighted by Gasteiger charge is 2.28. The fraction of sp³-hybridized carbons (Fsp3) is 0.216. The number of halogens is 8. The van der Waals surface area contributed by atoms with Crippen LogP contribution in [0.2, 0.25) is 10.0 Å². The van der Waals surface area contributed by atoms with Crippen LogP contribution in [-0.2, 0) is 0 Å². The zero-order valence-electron chi connectivity index (χ0n) is 37.8. The average molecular weight is 1020 g/mol. The molecular formula is C51H43Cl2F6N7O5. The number of hydrogen-bond donors (Lipinski definition) is 4. The number of nitrogens with zero attached hydrogens (tertiary/aromatic N) is 4. The lowest BCUT2D eigenvalue weighted by atomic mass is 10.0. The highest BCUT2D eigenvalue weighted by atomic mass is 35.5. The largest absolute Gasteiger partial charge is 0.478 e. The summed E-state index contributed by atoms with van der Waals surface area (Å²) in [5, 5.41) is 18.9. The van der Waals surface area contributed by atoms with Gasteiger partial charge in [0.2, 0.25) is 0 Å². The van der Waals surface area contributed by atoms with Gasteiger partial charge in [0.05, 0.1) is 66.0 Å². The Morgan fingerprint density at radius 1 is 0.648 bits per heavy atom. The molecule has 8 aromatic rings. The Bertz CT molecular complexity index is 3260. The Balaban J connectivity index is 0.000000191. The van der Waals surface area contributed by atoms with E-state index in [1.54, 1.807) is 119 Å². The number of nitrogens with one attached hydrogen (secondary N) is 3. The molecule has 1 amide bonds. The maximum atomic E-state index is 12.8. The molecule has 0 bridgehead atoms. The molecule has 0 atom stereocenters. The summed E-state index contributed by atoms with van der Waals surface area (Å²) in [6, 6.07) is 27.4. The second-order valence-corrected chi connectivity index (χ2v) is 17.5. The summed E-state index contributed by atoms with van der Waals surface area (Å²) in [5.74, 6) is 0.546. The lowest BCUT2D eigenvalue weighted by Gasteiger charge is -2.14. The number of imidazole rings is 2. The van der Waals surface area contributed by atoms with Crippen LogP contribution in [-0.4, -0.2) is 67.2 Å². The van der Waals surface area contributed by atoms with E-state index in [-0.39, 0.29) is 30.6 Å². The molecule has 12 nitrogen and oxygen atoms in total. The molecule has 9 rings (SSSR count). The van der Waals surface area contributed by atoms with Crippen molar-refractivity contribution in [1.29, 1.82) is 0 Å². The first-order valence-corrected chi connectivity index (χ1v) is 22.8. The first-order valence-electron chi connectivity index (χ1n) is 22.0. The quantitative estimate of drug-likeness (QED) is 0.0738. The molecule has 1 aliphatic carbocycles. The van der Waals surface area contributed by atoms with Crippen LogP contribution in [0.3, 0.4) is 0 Å². The van der Waals surface area contributed by atoms with Crippen LogP contribution in [0, 0.1) is 13.8 Å². The van der Waals surface area contributed by atoms with Crippen molar-refractivity contribution < 1.29 is 50.5 Å². The number of carbonyl (C=O) groups excluding carboxylic acids is 1. The molecule has 368 valence electrons. The first-order chi connectivity index (χ1) is 33.8. The van der Waals surface area contributed by atoms with Gasteiger partial charge in [0.25, 0.3) is 5.91 Å². The summed E-state index contributed by atoms with van der Waals surface area (Å²) in [6.45, 7) is 2.90. The van der Waals surface area contributed by atoms with Gasteiger partial charge in [0.1, 0.15) is 23.0 Å². The number of benzene rings is 4. The number of pyridine rings is 2. The second-order valence-electron chi connectivity index (χ2n) is 16.7. The number of aromatic carboxylic acids is 1. The van der Waals surface area contributed by atoms with Gasteiger partial charge in [0, 0.05) is 58.0 Å². The minimum atomic E-state index is -4.30. The number of fused-ring (bicyclic) bond motifs is 2. The number of carboxylic acids is 1. The Labute approximate surface area is 412 Å². The number of aryl methyl sites for hydroxylation is 2. The minimum absolute atomic E-state index is 0.0990. The van der Waals surface area contributed by atoms with Crippen molar-refractivity contribution in [3.8, 4) is 45.5 Å². The molecule has 20 heteroatoms. The van der Waals surface area contributed by atoms with Crippen molar-refractivity contribution in [1.82, 2.24) is 24.1 Å². The third-order valence-corrected chi connectivity index (χ3v) is 11.6. The number of carbonyl (C=O) groups is 2. The van der Waals surface area contributed by atoms with Gasteiger partial charge in [-0.15, -0.1) is 0 Å². The van der Waals surface area contributed by atoms with Crippen LogP contribution >= 0.6 is 23.2 Å². The van der Waals surface area contributed by atoms with Crippen molar-refractivity contribution >= 4 is 57.7 Å². The van der Waals surface area contributed by atoms with Gasteiger partial charge in [-0.1, -0.05) is 47.5 Å². The molecule has 1 aliphatic rings. The standard InChI is InChI=1S/C27H24ClF3N4O2.C24H19ClF3N3O3/c1-16-11-17(5-8-22(16)26(36)34-19-6-7-19)24-14-33-25-23(32-10-9-27(29,30)31)13-21(15-35(24)25)37-20-4-2-3-18(28)12-20;1-14-9-15(5-6-19(14)23(32)33)21-12-30-22-20(29-8-7-24(26,27)28)11-18(13-31(21)22)34-17-4-2-3-16(25)10-17/h2-5,8,11-15,19,32H,6-7,9-10H2,1H3,(H,34,36);2-6,9-13,29H,7-8H2,1H3,(H,32,33). The van der Waals surface area contributed by atoms with E-state index in [0.717, 1.165) is 24.0 Å². The van der Waals surface area contributed by atoms with E-state index < -0.39 is 31.2 Å². The summed E-state index contributed by atoms with van der Waals surface area (Å²) in [4.78, 5) is 32.8. The number of alkyl halides is 6. The van der Waals surface area contributed by atoms with Crippen molar-refractivity contribution in [2.45, 2.75) is 57.9 Å². The van der Waals surface area contributed by atoms with Crippen LogP contribution in [0.4, 0.5) is 37.7 Å². The number of aromatic nitrogens is 4. The molecule has 1 fully saturated rings. The summed E-state index contributed by atoms with van der Waals surface area (Å²) < 4.78 is 91.7. The highest BCUT2D eigenvalue weighted by molar-refractivity contribution is 6.31. The number of ether oxygens (including phenoxy) is 2. The Morgan fingerprint density at radius 3 is 1.49 bits per heavy atom. The normalized spacial score (nSPS) is 12.6. The molecule has 0 aliphatic heterocycles. The number of amides is 1. The molecule has 4 aromatic heterocycles. The first kappa shape index (κ1) is 50.0. The van der Waals surface area contributed by atoms with Gasteiger partial charge in [0.15, 0.2) is 11.3 Å². The van der Waals surface area contributed by atoms with E-state index >= 15 is 0 Å². The zero-order valence-corrected chi connectivity index (χ0v) is 39.3. The molecule has 0 radical (unpaired) electrons. The zero-order chi connectivity index (χ0) is 50.6. The van der Waals surface area contributed by atoms with Crippen LogP contribution in [0.5, 0.6) is 23.0 Å². The monoisotopic (exact) mass is 1020 g/mol.